The number of benzene rings is 1. The molecule has 0 amide bonds. The molecule has 8 heteroatoms. The molecule has 0 bridgehead atoms. The summed E-state index contributed by atoms with van der Waals surface area (Å²) in [7, 11) is 0. The molecule has 8 nitrogen and oxygen atoms in total. The summed E-state index contributed by atoms with van der Waals surface area (Å²) in [5.41, 5.74) is 15.0. The van der Waals surface area contributed by atoms with Crippen LogP contribution in [0.15, 0.2) is 71.1 Å². The van der Waals surface area contributed by atoms with Crippen LogP contribution in [0.3, 0.4) is 0 Å². The lowest BCUT2D eigenvalue weighted by atomic mass is 9.98. The van der Waals surface area contributed by atoms with Gasteiger partial charge in [0.1, 0.15) is 0 Å². The van der Waals surface area contributed by atoms with E-state index in [0.717, 1.165) is 0 Å². The first-order valence-corrected chi connectivity index (χ1v) is 9.47. The molecule has 0 aromatic heterocycles. The van der Waals surface area contributed by atoms with Crippen LogP contribution in [0.2, 0.25) is 0 Å². The second kappa shape index (κ2) is 9.25. The SMILES string of the molecule is NCCC1=CC(=O)C(=O)C=C1Nc1ccc(NC2=CC(=O)C(=O)C=C2CCN)cc1. The molecule has 0 unspecified atom stereocenters. The van der Waals surface area contributed by atoms with E-state index < -0.39 is 23.1 Å². The maximum absolute atomic E-state index is 11.7. The Labute approximate surface area is 173 Å². The number of rotatable bonds is 8. The van der Waals surface area contributed by atoms with Crippen LogP contribution in [-0.2, 0) is 19.2 Å². The Bertz CT molecular complexity index is 947. The summed E-state index contributed by atoms with van der Waals surface area (Å²) in [6.45, 7) is 0.703. The minimum Gasteiger partial charge on any atom is -0.355 e. The molecule has 0 spiro atoms. The van der Waals surface area contributed by atoms with Crippen LogP contribution < -0.4 is 22.1 Å². The number of nitrogens with two attached hydrogens (primary N) is 2. The summed E-state index contributed by atoms with van der Waals surface area (Å²) in [4.78, 5) is 46.7. The Hall–Kier alpha value is -3.62. The van der Waals surface area contributed by atoms with E-state index in [1.54, 1.807) is 24.3 Å². The molecular weight excluding hydrogens is 384 g/mol. The number of hydrogen-bond donors (Lipinski definition) is 4. The molecule has 2 aliphatic carbocycles. The van der Waals surface area contributed by atoms with Gasteiger partial charge in [-0.3, -0.25) is 19.2 Å². The average Bonchev–Trinajstić information content (AvgIpc) is 2.71. The fourth-order valence-corrected chi connectivity index (χ4v) is 3.11. The fourth-order valence-electron chi connectivity index (χ4n) is 3.11. The van der Waals surface area contributed by atoms with Crippen molar-refractivity contribution in [3.63, 3.8) is 0 Å². The lowest BCUT2D eigenvalue weighted by Gasteiger charge is -2.19. The summed E-state index contributed by atoms with van der Waals surface area (Å²) in [5, 5.41) is 6.27. The first kappa shape index (κ1) is 21.1. The molecule has 0 saturated heterocycles. The second-order valence-electron chi connectivity index (χ2n) is 6.82. The molecule has 30 heavy (non-hydrogen) atoms. The molecule has 2 aliphatic rings. The molecule has 3 rings (SSSR count). The van der Waals surface area contributed by atoms with Crippen LogP contribution >= 0.6 is 0 Å². The van der Waals surface area contributed by atoms with Crippen LogP contribution in [0, 0.1) is 0 Å². The van der Waals surface area contributed by atoms with E-state index in [9.17, 15) is 19.2 Å². The zero-order chi connectivity index (χ0) is 21.7. The Balaban J connectivity index is 1.74. The summed E-state index contributed by atoms with van der Waals surface area (Å²) >= 11 is 0. The first-order valence-electron chi connectivity index (χ1n) is 9.47. The van der Waals surface area contributed by atoms with Crippen molar-refractivity contribution in [1.82, 2.24) is 0 Å². The van der Waals surface area contributed by atoms with Crippen molar-refractivity contribution < 1.29 is 19.2 Å². The van der Waals surface area contributed by atoms with Crippen LogP contribution in [0.25, 0.3) is 0 Å². The van der Waals surface area contributed by atoms with Crippen LogP contribution in [-0.4, -0.2) is 36.2 Å². The molecule has 1 aromatic rings. The lowest BCUT2D eigenvalue weighted by molar-refractivity contribution is -0.131. The maximum Gasteiger partial charge on any atom is 0.227 e. The fraction of sp³-hybridized carbons (Fsp3) is 0.182. The van der Waals surface area contributed by atoms with Crippen molar-refractivity contribution in [2.24, 2.45) is 11.5 Å². The first-order chi connectivity index (χ1) is 14.4. The number of carbonyl (C=O) groups excluding carboxylic acids is 4. The molecule has 0 radical (unpaired) electrons. The smallest absolute Gasteiger partial charge is 0.227 e. The average molecular weight is 406 g/mol. The van der Waals surface area contributed by atoms with Gasteiger partial charge in [-0.1, -0.05) is 0 Å². The van der Waals surface area contributed by atoms with Gasteiger partial charge in [-0.25, -0.2) is 0 Å². The highest BCUT2D eigenvalue weighted by Crippen LogP contribution is 2.25. The quantitative estimate of drug-likeness (QED) is 0.371. The van der Waals surface area contributed by atoms with Gasteiger partial charge in [0.05, 0.1) is 0 Å². The summed E-state index contributed by atoms with van der Waals surface area (Å²) in [6, 6.07) is 7.14. The molecular formula is C22H22N4O4. The van der Waals surface area contributed by atoms with E-state index in [1.165, 1.54) is 24.3 Å². The van der Waals surface area contributed by atoms with Crippen molar-refractivity contribution in [2.75, 3.05) is 23.7 Å². The molecule has 0 aliphatic heterocycles. The molecule has 0 atom stereocenters. The van der Waals surface area contributed by atoms with Crippen molar-refractivity contribution in [1.29, 1.82) is 0 Å². The van der Waals surface area contributed by atoms with E-state index in [2.05, 4.69) is 10.6 Å². The summed E-state index contributed by atoms with van der Waals surface area (Å²) in [6.07, 6.45) is 6.11. The van der Waals surface area contributed by atoms with E-state index >= 15 is 0 Å². The molecule has 0 saturated carbocycles. The number of anilines is 2. The molecule has 154 valence electrons. The van der Waals surface area contributed by atoms with Gasteiger partial charge < -0.3 is 22.1 Å². The highest BCUT2D eigenvalue weighted by molar-refractivity contribution is 6.47. The van der Waals surface area contributed by atoms with Crippen molar-refractivity contribution in [3.8, 4) is 0 Å². The largest absolute Gasteiger partial charge is 0.355 e. The predicted octanol–water partition coefficient (Wildman–Crippen LogP) is 1.13. The number of nitrogens with one attached hydrogen (secondary N) is 2. The summed E-state index contributed by atoms with van der Waals surface area (Å²) < 4.78 is 0. The van der Waals surface area contributed by atoms with Gasteiger partial charge in [-0.15, -0.1) is 0 Å². The monoisotopic (exact) mass is 406 g/mol. The topological polar surface area (TPSA) is 144 Å². The molecule has 1 aromatic carbocycles. The van der Waals surface area contributed by atoms with Gasteiger partial charge in [0.15, 0.2) is 0 Å². The predicted molar refractivity (Wildman–Crippen MR) is 113 cm³/mol. The minimum absolute atomic E-state index is 0.351. The van der Waals surface area contributed by atoms with Crippen molar-refractivity contribution in [3.05, 3.63) is 71.1 Å². The van der Waals surface area contributed by atoms with E-state index in [1.807, 2.05) is 0 Å². The Morgan fingerprint density at radius 1 is 0.567 bits per heavy atom. The number of hydrogen-bond acceptors (Lipinski definition) is 8. The normalized spacial score (nSPS) is 16.6. The maximum atomic E-state index is 11.7. The third-order valence-electron chi connectivity index (χ3n) is 4.61. The number of carbonyl (C=O) groups is 4. The molecule has 0 fully saturated rings. The third kappa shape index (κ3) is 4.86. The van der Waals surface area contributed by atoms with Gasteiger partial charge >= 0.3 is 0 Å². The Kier molecular flexibility index (Phi) is 6.51. The van der Waals surface area contributed by atoms with E-state index in [4.69, 9.17) is 11.5 Å². The highest BCUT2D eigenvalue weighted by atomic mass is 16.2. The van der Waals surface area contributed by atoms with E-state index in [0.29, 0.717) is 59.8 Å². The van der Waals surface area contributed by atoms with Gasteiger partial charge in [-0.2, -0.15) is 0 Å². The van der Waals surface area contributed by atoms with Crippen molar-refractivity contribution in [2.45, 2.75) is 12.8 Å². The van der Waals surface area contributed by atoms with E-state index in [-0.39, 0.29) is 0 Å². The zero-order valence-electron chi connectivity index (χ0n) is 16.2. The van der Waals surface area contributed by atoms with Gasteiger partial charge in [-0.05, 0) is 73.5 Å². The van der Waals surface area contributed by atoms with Crippen LogP contribution in [0.4, 0.5) is 11.4 Å². The van der Waals surface area contributed by atoms with Gasteiger partial charge in [0, 0.05) is 34.9 Å². The van der Waals surface area contributed by atoms with Crippen molar-refractivity contribution >= 4 is 34.5 Å². The van der Waals surface area contributed by atoms with Gasteiger partial charge in [0.25, 0.3) is 0 Å². The minimum atomic E-state index is -0.584. The Morgan fingerprint density at radius 3 is 1.23 bits per heavy atom. The van der Waals surface area contributed by atoms with Crippen LogP contribution in [0.5, 0.6) is 0 Å². The molecule has 6 N–H and O–H groups in total. The Morgan fingerprint density at radius 2 is 0.900 bits per heavy atom. The second-order valence-corrected chi connectivity index (χ2v) is 6.82. The standard InChI is InChI=1S/C22H22N4O4/c23-7-5-13-9-19(27)21(29)11-17(13)25-15-1-2-16(4-3-15)26-18-12-22(30)20(28)10-14(18)6-8-24/h1-4,9-12,25-26H,5-8,23-24H2. The van der Waals surface area contributed by atoms with Crippen LogP contribution in [0.1, 0.15) is 12.8 Å². The number of ketones is 4. The lowest BCUT2D eigenvalue weighted by Crippen LogP contribution is -2.20. The third-order valence-corrected chi connectivity index (χ3v) is 4.61. The highest BCUT2D eigenvalue weighted by Gasteiger charge is 2.21. The molecule has 0 heterocycles. The summed E-state index contributed by atoms with van der Waals surface area (Å²) in [5.74, 6) is -2.28. The zero-order valence-corrected chi connectivity index (χ0v) is 16.2. The van der Waals surface area contributed by atoms with Gasteiger partial charge in [0.2, 0.25) is 23.1 Å². The number of allylic oxidation sites excluding steroid dienone is 6.